The van der Waals surface area contributed by atoms with Crippen molar-refractivity contribution in [3.8, 4) is 17.4 Å². The van der Waals surface area contributed by atoms with E-state index in [0.717, 1.165) is 44.7 Å². The molecule has 7 rings (SSSR count). The van der Waals surface area contributed by atoms with Crippen molar-refractivity contribution in [2.75, 3.05) is 16.8 Å². The molecule has 40 heavy (non-hydrogen) atoms. The van der Waals surface area contributed by atoms with Gasteiger partial charge in [-0.05, 0) is 60.4 Å². The SMILES string of the molecule is CC(C)c1ccnc(-n2c3[c-]c(Oc4[c-]c(N5[CH-]N(C)c6ccccc65)ccn4)ccc3c3ccccc32)c1.[Pt]. The van der Waals surface area contributed by atoms with Gasteiger partial charge in [-0.2, -0.15) is 30.6 Å². The predicted molar refractivity (Wildman–Crippen MR) is 156 cm³/mol. The molecule has 0 amide bonds. The van der Waals surface area contributed by atoms with Crippen molar-refractivity contribution in [1.82, 2.24) is 14.5 Å². The Balaban J connectivity index is 0.00000289. The Morgan fingerprint density at radius 3 is 2.45 bits per heavy atom. The van der Waals surface area contributed by atoms with Crippen molar-refractivity contribution in [3.63, 3.8) is 0 Å². The van der Waals surface area contributed by atoms with Crippen molar-refractivity contribution in [2.45, 2.75) is 19.8 Å². The molecule has 3 aromatic heterocycles. The van der Waals surface area contributed by atoms with E-state index in [9.17, 15) is 0 Å². The predicted octanol–water partition coefficient (Wildman–Crippen LogP) is 7.79. The van der Waals surface area contributed by atoms with Crippen LogP contribution in [0.15, 0.2) is 91.3 Å². The second kappa shape index (κ2) is 10.4. The maximum atomic E-state index is 6.24. The summed E-state index contributed by atoms with van der Waals surface area (Å²) in [5, 5.41) is 2.23. The first kappa shape index (κ1) is 26.1. The molecule has 3 aromatic carbocycles. The topological polar surface area (TPSA) is 46.4 Å². The molecule has 0 atom stereocenters. The van der Waals surface area contributed by atoms with E-state index in [1.54, 1.807) is 6.20 Å². The molecule has 0 aliphatic carbocycles. The van der Waals surface area contributed by atoms with Gasteiger partial charge in [0.1, 0.15) is 11.7 Å². The minimum atomic E-state index is 0. The third kappa shape index (κ3) is 4.43. The Hall–Kier alpha value is -4.15. The van der Waals surface area contributed by atoms with Crippen molar-refractivity contribution in [1.29, 1.82) is 0 Å². The normalized spacial score (nSPS) is 12.7. The van der Waals surface area contributed by atoms with E-state index in [1.807, 2.05) is 44.2 Å². The summed E-state index contributed by atoms with van der Waals surface area (Å²) in [4.78, 5) is 13.3. The zero-order valence-electron chi connectivity index (χ0n) is 22.3. The van der Waals surface area contributed by atoms with E-state index >= 15 is 0 Å². The number of nitrogens with zero attached hydrogens (tertiary/aromatic N) is 5. The summed E-state index contributed by atoms with van der Waals surface area (Å²) >= 11 is 0. The first-order valence-corrected chi connectivity index (χ1v) is 13.0. The molecule has 0 N–H and O–H groups in total. The fraction of sp³-hybridized carbons (Fsp3) is 0.121. The zero-order chi connectivity index (χ0) is 26.5. The van der Waals surface area contributed by atoms with Crippen LogP contribution in [0.4, 0.5) is 17.1 Å². The Kier molecular flexibility index (Phi) is 6.81. The summed E-state index contributed by atoms with van der Waals surface area (Å²) in [5.41, 5.74) is 6.28. The Labute approximate surface area is 248 Å². The molecule has 0 unspecified atom stereocenters. The van der Waals surface area contributed by atoms with Crippen molar-refractivity contribution >= 4 is 38.9 Å². The molecule has 202 valence electrons. The maximum absolute atomic E-state index is 6.24. The number of hydrogen-bond acceptors (Lipinski definition) is 5. The van der Waals surface area contributed by atoms with Crippen molar-refractivity contribution in [2.24, 2.45) is 0 Å². The summed E-state index contributed by atoms with van der Waals surface area (Å²) in [6.07, 6.45) is 3.62. The van der Waals surface area contributed by atoms with Crippen molar-refractivity contribution < 1.29 is 25.8 Å². The molecule has 0 radical (unpaired) electrons. The molecule has 4 heterocycles. The minimum Gasteiger partial charge on any atom is -0.504 e. The molecule has 0 saturated carbocycles. The van der Waals surface area contributed by atoms with Gasteiger partial charge in [-0.25, -0.2) is 4.98 Å². The van der Waals surface area contributed by atoms with Gasteiger partial charge in [0.15, 0.2) is 0 Å². The number of pyridine rings is 2. The smallest absolute Gasteiger partial charge is 0.135 e. The van der Waals surface area contributed by atoms with Gasteiger partial charge in [-0.3, -0.25) is 4.98 Å². The molecule has 6 nitrogen and oxygen atoms in total. The number of rotatable bonds is 5. The number of fused-ring (bicyclic) bond motifs is 4. The summed E-state index contributed by atoms with van der Waals surface area (Å²) in [7, 11) is 2.03. The Morgan fingerprint density at radius 1 is 0.825 bits per heavy atom. The first-order valence-electron chi connectivity index (χ1n) is 13.0. The molecule has 1 aliphatic rings. The maximum Gasteiger partial charge on any atom is 0.135 e. The summed E-state index contributed by atoms with van der Waals surface area (Å²) in [5.74, 6) is 2.21. The van der Waals surface area contributed by atoms with Gasteiger partial charge in [0, 0.05) is 49.9 Å². The molecule has 0 fully saturated rings. The molecule has 0 spiro atoms. The summed E-state index contributed by atoms with van der Waals surface area (Å²) in [6, 6.07) is 33.6. The number of ether oxygens (including phenoxy) is 1. The van der Waals surface area contributed by atoms with E-state index in [2.05, 4.69) is 99.9 Å². The average Bonchev–Trinajstić information content (AvgIpc) is 3.48. The Bertz CT molecular complexity index is 1850. The van der Waals surface area contributed by atoms with E-state index in [4.69, 9.17) is 9.72 Å². The van der Waals surface area contributed by atoms with Crippen LogP contribution in [-0.2, 0) is 21.1 Å². The van der Waals surface area contributed by atoms with Gasteiger partial charge in [0.2, 0.25) is 0 Å². The number of aromatic nitrogens is 3. The van der Waals surface area contributed by atoms with Crippen LogP contribution in [0.2, 0.25) is 0 Å². The molecule has 7 heteroatoms. The first-order chi connectivity index (χ1) is 19.1. The van der Waals surface area contributed by atoms with E-state index in [1.165, 1.54) is 5.56 Å². The fourth-order valence-electron chi connectivity index (χ4n) is 5.20. The van der Waals surface area contributed by atoms with E-state index in [0.29, 0.717) is 17.5 Å². The fourth-order valence-corrected chi connectivity index (χ4v) is 5.20. The van der Waals surface area contributed by atoms with Gasteiger partial charge in [-0.15, -0.1) is 17.5 Å². The van der Waals surface area contributed by atoms with Gasteiger partial charge in [0.05, 0.1) is 0 Å². The standard InChI is InChI=1S/C33H26N5O.Pt/c1-22(2)23-14-16-34-32(18-23)38-28-9-5-4-8-26(28)27-13-12-25(20-31(27)38)39-33-19-24(15-17-35-33)37-21-36(3)29-10-6-7-11-30(29)37;/h4-18,21-22H,1-3H3;/q-3;. The van der Waals surface area contributed by atoms with E-state index < -0.39 is 0 Å². The van der Waals surface area contributed by atoms with Crippen LogP contribution in [0.5, 0.6) is 11.6 Å². The van der Waals surface area contributed by atoms with Crippen LogP contribution in [-0.4, -0.2) is 21.6 Å². The molecule has 6 aromatic rings. The quantitative estimate of drug-likeness (QED) is 0.172. The van der Waals surface area contributed by atoms with Crippen LogP contribution in [0, 0.1) is 18.8 Å². The van der Waals surface area contributed by atoms with Gasteiger partial charge >= 0.3 is 0 Å². The molecule has 1 aliphatic heterocycles. The van der Waals surface area contributed by atoms with Gasteiger partial charge in [0.25, 0.3) is 0 Å². The van der Waals surface area contributed by atoms with Crippen LogP contribution in [0.3, 0.4) is 0 Å². The Morgan fingerprint density at radius 2 is 1.60 bits per heavy atom. The minimum absolute atomic E-state index is 0. The van der Waals surface area contributed by atoms with Crippen LogP contribution in [0.25, 0.3) is 27.6 Å². The number of benzene rings is 3. The number of para-hydroxylation sites is 3. The van der Waals surface area contributed by atoms with Gasteiger partial charge in [-0.1, -0.05) is 49.7 Å². The number of anilines is 3. The molecular weight excluding hydrogens is 677 g/mol. The monoisotopic (exact) mass is 703 g/mol. The van der Waals surface area contributed by atoms with Crippen LogP contribution < -0.4 is 14.5 Å². The third-order valence-corrected chi connectivity index (χ3v) is 7.16. The molecule has 0 saturated heterocycles. The number of hydrogen-bond donors (Lipinski definition) is 0. The summed E-state index contributed by atoms with van der Waals surface area (Å²) in [6.45, 7) is 6.42. The van der Waals surface area contributed by atoms with E-state index in [-0.39, 0.29) is 21.1 Å². The second-order valence-electron chi connectivity index (χ2n) is 9.99. The zero-order valence-corrected chi connectivity index (χ0v) is 24.5. The summed E-state index contributed by atoms with van der Waals surface area (Å²) < 4.78 is 8.40. The molecular formula is C33H26N5OPt-3. The largest absolute Gasteiger partial charge is 0.504 e. The average molecular weight is 704 g/mol. The molecule has 0 bridgehead atoms. The third-order valence-electron chi connectivity index (χ3n) is 7.16. The van der Waals surface area contributed by atoms with Crippen LogP contribution in [0.1, 0.15) is 25.3 Å². The second-order valence-corrected chi connectivity index (χ2v) is 9.99. The van der Waals surface area contributed by atoms with Gasteiger partial charge < -0.3 is 19.1 Å². The van der Waals surface area contributed by atoms with Crippen molar-refractivity contribution in [3.05, 3.63) is 116 Å². The van der Waals surface area contributed by atoms with Crippen LogP contribution >= 0.6 is 0 Å².